The molecule has 1 aromatic heterocycles. The van der Waals surface area contributed by atoms with E-state index < -0.39 is 5.54 Å². The molecule has 4 heterocycles. The average molecular weight is 376 g/mol. The molecule has 0 saturated carbocycles. The van der Waals surface area contributed by atoms with Crippen molar-refractivity contribution in [3.63, 3.8) is 0 Å². The van der Waals surface area contributed by atoms with Crippen molar-refractivity contribution in [2.45, 2.75) is 37.3 Å². The number of nitrogens with one attached hydrogen (secondary N) is 1. The number of hydrogen-bond donors (Lipinski definition) is 1. The van der Waals surface area contributed by atoms with Crippen LogP contribution in [-0.4, -0.2) is 70.8 Å². The van der Waals surface area contributed by atoms with Crippen LogP contribution in [0.25, 0.3) is 0 Å². The topological polar surface area (TPSA) is 53.4 Å². The molecule has 1 aromatic rings. The van der Waals surface area contributed by atoms with Crippen LogP contribution in [0.5, 0.6) is 0 Å². The summed E-state index contributed by atoms with van der Waals surface area (Å²) in [5.41, 5.74) is -0.477. The molecule has 1 amide bonds. The lowest BCUT2D eigenvalue weighted by Crippen LogP contribution is -2.60. The van der Waals surface area contributed by atoms with E-state index in [1.54, 1.807) is 6.20 Å². The van der Waals surface area contributed by atoms with E-state index in [9.17, 15) is 4.79 Å². The predicted molar refractivity (Wildman–Crippen MR) is 98.0 cm³/mol. The molecule has 6 nitrogen and oxygen atoms in total. The lowest BCUT2D eigenvalue weighted by Gasteiger charge is -2.44. The van der Waals surface area contributed by atoms with Gasteiger partial charge in [0, 0.05) is 38.1 Å². The van der Waals surface area contributed by atoms with Crippen molar-refractivity contribution in [1.82, 2.24) is 24.9 Å². The Morgan fingerprint density at radius 3 is 2.67 bits per heavy atom. The minimum atomic E-state index is -0.477. The predicted octanol–water partition coefficient (Wildman–Crippen LogP) is 1.11. The highest BCUT2D eigenvalue weighted by Gasteiger charge is 2.46. The number of piperidine rings is 1. The molecule has 3 saturated heterocycles. The van der Waals surface area contributed by atoms with Crippen molar-refractivity contribution in [2.24, 2.45) is 0 Å². The summed E-state index contributed by atoms with van der Waals surface area (Å²) in [7, 11) is 0. The molecule has 3 fully saturated rings. The second-order valence-corrected chi connectivity index (χ2v) is 6.82. The molecule has 3 aliphatic heterocycles. The zero-order valence-electron chi connectivity index (χ0n) is 13.9. The molecule has 0 spiro atoms. The first-order valence-electron chi connectivity index (χ1n) is 8.54. The van der Waals surface area contributed by atoms with Crippen molar-refractivity contribution in [3.8, 4) is 0 Å². The maximum Gasteiger partial charge on any atom is 0.250 e. The maximum absolute atomic E-state index is 13.4. The molecule has 24 heavy (non-hydrogen) atoms. The van der Waals surface area contributed by atoms with Crippen molar-refractivity contribution < 1.29 is 4.79 Å². The van der Waals surface area contributed by atoms with Crippen LogP contribution in [0.15, 0.2) is 18.5 Å². The molecule has 8 heteroatoms. The van der Waals surface area contributed by atoms with E-state index in [0.717, 1.165) is 45.6 Å². The molecule has 1 atom stereocenters. The second-order valence-electron chi connectivity index (χ2n) is 6.82. The third-order valence-electron chi connectivity index (χ3n) is 5.65. The Bertz CT molecular complexity index is 533. The third-order valence-corrected chi connectivity index (χ3v) is 5.65. The summed E-state index contributed by atoms with van der Waals surface area (Å²) < 4.78 is 1.91. The van der Waals surface area contributed by atoms with Crippen LogP contribution >= 0.6 is 24.8 Å². The molecule has 4 rings (SSSR count). The van der Waals surface area contributed by atoms with Crippen LogP contribution in [0.2, 0.25) is 0 Å². The van der Waals surface area contributed by atoms with Gasteiger partial charge in [0.25, 0.3) is 5.91 Å². The summed E-state index contributed by atoms with van der Waals surface area (Å²) >= 11 is 0. The minimum Gasteiger partial charge on any atom is -0.338 e. The summed E-state index contributed by atoms with van der Waals surface area (Å²) in [6.45, 7) is 5.77. The van der Waals surface area contributed by atoms with E-state index in [2.05, 4.69) is 20.2 Å². The van der Waals surface area contributed by atoms with E-state index in [1.807, 2.05) is 16.9 Å². The quantitative estimate of drug-likeness (QED) is 0.841. The first-order valence-corrected chi connectivity index (χ1v) is 8.54. The van der Waals surface area contributed by atoms with Crippen molar-refractivity contribution in [3.05, 3.63) is 18.5 Å². The van der Waals surface area contributed by atoms with Gasteiger partial charge in [-0.2, -0.15) is 5.10 Å². The molecular formula is C16H27Cl2N5O. The van der Waals surface area contributed by atoms with E-state index in [1.165, 1.54) is 19.4 Å². The Morgan fingerprint density at radius 1 is 1.17 bits per heavy atom. The van der Waals surface area contributed by atoms with Gasteiger partial charge in [0.05, 0.1) is 0 Å². The molecular weight excluding hydrogens is 349 g/mol. The smallest absolute Gasteiger partial charge is 0.250 e. The lowest BCUT2D eigenvalue weighted by molar-refractivity contribution is -0.145. The molecule has 1 unspecified atom stereocenters. The normalized spacial score (nSPS) is 26.2. The number of piperazine rings is 1. The Labute approximate surface area is 155 Å². The Hall–Kier alpha value is -0.820. The fourth-order valence-electron chi connectivity index (χ4n) is 4.37. The van der Waals surface area contributed by atoms with Gasteiger partial charge < -0.3 is 10.2 Å². The van der Waals surface area contributed by atoms with E-state index in [4.69, 9.17) is 0 Å². The molecule has 136 valence electrons. The Morgan fingerprint density at radius 2 is 1.96 bits per heavy atom. The van der Waals surface area contributed by atoms with Crippen LogP contribution in [0, 0.1) is 0 Å². The number of carbonyl (C=O) groups is 1. The van der Waals surface area contributed by atoms with Gasteiger partial charge in [0.15, 0.2) is 0 Å². The number of halogens is 2. The molecule has 0 aliphatic carbocycles. The van der Waals surface area contributed by atoms with Crippen molar-refractivity contribution in [1.29, 1.82) is 0 Å². The summed E-state index contributed by atoms with van der Waals surface area (Å²) in [5.74, 6) is 0.282. The lowest BCUT2D eigenvalue weighted by atomic mass is 9.86. The van der Waals surface area contributed by atoms with Crippen LogP contribution in [0.3, 0.4) is 0 Å². The van der Waals surface area contributed by atoms with Crippen LogP contribution in [-0.2, 0) is 10.3 Å². The summed E-state index contributed by atoms with van der Waals surface area (Å²) in [6.07, 6.45) is 7.92. The number of aromatic nitrogens is 2. The summed E-state index contributed by atoms with van der Waals surface area (Å²) in [4.78, 5) is 18.0. The standard InChI is InChI=1S/C16H25N5O.2ClH/c22-15(20-12-11-19-9-1-3-14(19)13-20)16(4-7-17-8-5-16)21-10-2-6-18-21;;/h2,6,10,14,17H,1,3-5,7-9,11-13H2;2*1H. The fourth-order valence-corrected chi connectivity index (χ4v) is 4.37. The van der Waals surface area contributed by atoms with Gasteiger partial charge in [-0.1, -0.05) is 0 Å². The maximum atomic E-state index is 13.4. The fraction of sp³-hybridized carbons (Fsp3) is 0.750. The minimum absolute atomic E-state index is 0. The SMILES string of the molecule is Cl.Cl.O=C(N1CCN2CCCC2C1)C1(n2cccn2)CCNCC1. The monoisotopic (exact) mass is 375 g/mol. The summed E-state index contributed by atoms with van der Waals surface area (Å²) in [6, 6.07) is 2.50. The van der Waals surface area contributed by atoms with E-state index in [0.29, 0.717) is 6.04 Å². The van der Waals surface area contributed by atoms with Crippen LogP contribution in [0.1, 0.15) is 25.7 Å². The van der Waals surface area contributed by atoms with Crippen LogP contribution in [0.4, 0.5) is 0 Å². The van der Waals surface area contributed by atoms with Crippen molar-refractivity contribution in [2.75, 3.05) is 39.3 Å². The number of rotatable bonds is 2. The molecule has 3 aliphatic rings. The molecule has 0 radical (unpaired) electrons. The number of amides is 1. The molecule has 0 aromatic carbocycles. The van der Waals surface area contributed by atoms with Gasteiger partial charge in [-0.25, -0.2) is 0 Å². The number of fused-ring (bicyclic) bond motifs is 1. The van der Waals surface area contributed by atoms with Crippen LogP contribution < -0.4 is 5.32 Å². The van der Waals surface area contributed by atoms with E-state index in [-0.39, 0.29) is 30.7 Å². The van der Waals surface area contributed by atoms with Gasteiger partial charge in [-0.3, -0.25) is 14.4 Å². The average Bonchev–Trinajstić information content (AvgIpc) is 3.25. The largest absolute Gasteiger partial charge is 0.338 e. The Balaban J connectivity index is 0.00000104. The zero-order valence-corrected chi connectivity index (χ0v) is 15.5. The molecule has 1 N–H and O–H groups in total. The van der Waals surface area contributed by atoms with Crippen molar-refractivity contribution >= 4 is 30.7 Å². The highest BCUT2D eigenvalue weighted by atomic mass is 35.5. The summed E-state index contributed by atoms with van der Waals surface area (Å²) in [5, 5.41) is 7.80. The molecule has 0 bridgehead atoms. The third kappa shape index (κ3) is 3.29. The van der Waals surface area contributed by atoms with Gasteiger partial charge in [-0.05, 0) is 51.4 Å². The number of carbonyl (C=O) groups excluding carboxylic acids is 1. The zero-order chi connectivity index (χ0) is 15.0. The van der Waals surface area contributed by atoms with Gasteiger partial charge >= 0.3 is 0 Å². The second kappa shape index (κ2) is 8.04. The van der Waals surface area contributed by atoms with Gasteiger partial charge in [0.2, 0.25) is 0 Å². The highest BCUT2D eigenvalue weighted by molar-refractivity contribution is 5.86. The van der Waals surface area contributed by atoms with E-state index >= 15 is 0 Å². The first kappa shape index (κ1) is 19.5. The number of hydrogen-bond acceptors (Lipinski definition) is 4. The highest BCUT2D eigenvalue weighted by Crippen LogP contribution is 2.31. The van der Waals surface area contributed by atoms with Gasteiger partial charge in [0.1, 0.15) is 5.54 Å². The first-order chi connectivity index (χ1) is 10.8. The Kier molecular flexibility index (Phi) is 6.53. The van der Waals surface area contributed by atoms with Gasteiger partial charge in [-0.15, -0.1) is 24.8 Å². The number of nitrogens with zero attached hydrogens (tertiary/aromatic N) is 4.